The smallest absolute Gasteiger partial charge is 0.260 e. The monoisotopic (exact) mass is 394 g/mol. The number of carbonyl (C=O) groups excluding carboxylic acids is 2. The zero-order valence-electron chi connectivity index (χ0n) is 14.3. The van der Waals surface area contributed by atoms with E-state index in [2.05, 4.69) is 0 Å². The second-order valence-corrected chi connectivity index (χ2v) is 6.45. The summed E-state index contributed by atoms with van der Waals surface area (Å²) in [6.07, 6.45) is 0. The summed E-state index contributed by atoms with van der Waals surface area (Å²) >= 11 is 5.83. The lowest BCUT2D eigenvalue weighted by Crippen LogP contribution is -2.51. The van der Waals surface area contributed by atoms with E-state index in [0.717, 1.165) is 6.07 Å². The molecular formula is C19H17ClF2N2O3. The van der Waals surface area contributed by atoms with E-state index >= 15 is 0 Å². The third-order valence-electron chi connectivity index (χ3n) is 4.27. The van der Waals surface area contributed by atoms with Gasteiger partial charge in [-0.05, 0) is 30.3 Å². The Morgan fingerprint density at radius 3 is 2.33 bits per heavy atom. The molecule has 1 aliphatic rings. The third-order valence-corrected chi connectivity index (χ3v) is 4.50. The van der Waals surface area contributed by atoms with E-state index in [1.54, 1.807) is 6.07 Å². The van der Waals surface area contributed by atoms with Crippen molar-refractivity contribution in [3.05, 3.63) is 64.7 Å². The summed E-state index contributed by atoms with van der Waals surface area (Å²) in [5, 5.41) is 0.277. The third kappa shape index (κ3) is 4.54. The molecule has 2 amide bonds. The van der Waals surface area contributed by atoms with Gasteiger partial charge in [0.2, 0.25) is 0 Å². The molecule has 0 spiro atoms. The molecule has 0 radical (unpaired) electrons. The standard InChI is InChI=1S/C19H17ClF2N2O3/c20-13-5-6-15(21)14(11-13)19(26)24-9-7-23(8-10-24)18(25)12-27-17-4-2-1-3-16(17)22/h1-6,11H,7-10,12H2. The fourth-order valence-electron chi connectivity index (χ4n) is 2.78. The summed E-state index contributed by atoms with van der Waals surface area (Å²) < 4.78 is 32.6. The van der Waals surface area contributed by atoms with Gasteiger partial charge in [-0.25, -0.2) is 8.78 Å². The van der Waals surface area contributed by atoms with Gasteiger partial charge in [-0.3, -0.25) is 9.59 Å². The number of piperazine rings is 1. The second kappa shape index (κ2) is 8.35. The predicted octanol–water partition coefficient (Wildman–Crippen LogP) is 2.98. The molecule has 0 unspecified atom stereocenters. The van der Waals surface area contributed by atoms with Crippen LogP contribution < -0.4 is 4.74 Å². The number of hydrogen-bond donors (Lipinski definition) is 0. The number of nitrogens with zero attached hydrogens (tertiary/aromatic N) is 2. The van der Waals surface area contributed by atoms with Gasteiger partial charge < -0.3 is 14.5 Å². The molecule has 1 saturated heterocycles. The average molecular weight is 395 g/mol. The van der Waals surface area contributed by atoms with Crippen LogP contribution in [0.2, 0.25) is 5.02 Å². The molecule has 1 fully saturated rings. The van der Waals surface area contributed by atoms with Gasteiger partial charge in [-0.15, -0.1) is 0 Å². The van der Waals surface area contributed by atoms with E-state index in [1.807, 2.05) is 0 Å². The second-order valence-electron chi connectivity index (χ2n) is 6.02. The first-order chi connectivity index (χ1) is 13.0. The van der Waals surface area contributed by atoms with Crippen LogP contribution in [0.25, 0.3) is 0 Å². The molecule has 0 aliphatic carbocycles. The van der Waals surface area contributed by atoms with Crippen LogP contribution in [0.3, 0.4) is 0 Å². The topological polar surface area (TPSA) is 49.9 Å². The van der Waals surface area contributed by atoms with Crippen LogP contribution in [0.5, 0.6) is 5.75 Å². The fourth-order valence-corrected chi connectivity index (χ4v) is 2.96. The maximum atomic E-state index is 13.9. The van der Waals surface area contributed by atoms with Crippen molar-refractivity contribution < 1.29 is 23.1 Å². The largest absolute Gasteiger partial charge is 0.481 e. The van der Waals surface area contributed by atoms with Gasteiger partial charge in [-0.2, -0.15) is 0 Å². The normalized spacial score (nSPS) is 14.2. The molecule has 8 heteroatoms. The molecule has 142 valence electrons. The highest BCUT2D eigenvalue weighted by Gasteiger charge is 2.26. The number of ether oxygens (including phenoxy) is 1. The molecule has 1 aliphatic heterocycles. The van der Waals surface area contributed by atoms with Gasteiger partial charge in [0.1, 0.15) is 5.82 Å². The SMILES string of the molecule is O=C(COc1ccccc1F)N1CCN(C(=O)c2cc(Cl)ccc2F)CC1. The Balaban J connectivity index is 1.54. The van der Waals surface area contributed by atoms with Crippen LogP contribution in [0.4, 0.5) is 8.78 Å². The van der Waals surface area contributed by atoms with Gasteiger partial charge >= 0.3 is 0 Å². The Hall–Kier alpha value is -2.67. The molecule has 0 N–H and O–H groups in total. The van der Waals surface area contributed by atoms with E-state index in [1.165, 1.54) is 40.1 Å². The van der Waals surface area contributed by atoms with Crippen molar-refractivity contribution in [3.63, 3.8) is 0 Å². The molecule has 27 heavy (non-hydrogen) atoms. The molecule has 5 nitrogen and oxygen atoms in total. The number of amides is 2. The van der Waals surface area contributed by atoms with E-state index < -0.39 is 17.5 Å². The summed E-state index contributed by atoms with van der Waals surface area (Å²) in [6.45, 7) is 0.797. The number of carbonyl (C=O) groups is 2. The molecule has 3 rings (SSSR count). The Morgan fingerprint density at radius 2 is 1.63 bits per heavy atom. The van der Waals surface area contributed by atoms with Crippen LogP contribution in [0.15, 0.2) is 42.5 Å². The Morgan fingerprint density at radius 1 is 0.963 bits per heavy atom. The fraction of sp³-hybridized carbons (Fsp3) is 0.263. The minimum atomic E-state index is -0.638. The van der Waals surface area contributed by atoms with Gasteiger partial charge in [0, 0.05) is 31.2 Å². The lowest BCUT2D eigenvalue weighted by molar-refractivity contribution is -0.134. The van der Waals surface area contributed by atoms with Gasteiger partial charge in [-0.1, -0.05) is 23.7 Å². The summed E-state index contributed by atoms with van der Waals surface area (Å²) in [7, 11) is 0. The van der Waals surface area contributed by atoms with Gasteiger partial charge in [0.25, 0.3) is 11.8 Å². The highest BCUT2D eigenvalue weighted by Crippen LogP contribution is 2.18. The van der Waals surface area contributed by atoms with Crippen molar-refractivity contribution in [2.24, 2.45) is 0 Å². The van der Waals surface area contributed by atoms with Crippen molar-refractivity contribution in [2.45, 2.75) is 0 Å². The summed E-state index contributed by atoms with van der Waals surface area (Å²) in [4.78, 5) is 27.7. The van der Waals surface area contributed by atoms with E-state index in [0.29, 0.717) is 0 Å². The molecule has 2 aromatic rings. The molecule has 0 bridgehead atoms. The van der Waals surface area contributed by atoms with Crippen molar-refractivity contribution in [3.8, 4) is 5.75 Å². The molecule has 2 aromatic carbocycles. The first-order valence-electron chi connectivity index (χ1n) is 8.35. The number of para-hydroxylation sites is 1. The highest BCUT2D eigenvalue weighted by atomic mass is 35.5. The van der Waals surface area contributed by atoms with Crippen molar-refractivity contribution in [1.82, 2.24) is 9.80 Å². The maximum absolute atomic E-state index is 13.9. The number of halogens is 3. The lowest BCUT2D eigenvalue weighted by Gasteiger charge is -2.34. The van der Waals surface area contributed by atoms with Crippen LogP contribution in [-0.4, -0.2) is 54.4 Å². The van der Waals surface area contributed by atoms with E-state index in [9.17, 15) is 18.4 Å². The Kier molecular flexibility index (Phi) is 5.91. The molecule has 0 atom stereocenters. The minimum Gasteiger partial charge on any atom is -0.481 e. The van der Waals surface area contributed by atoms with Crippen molar-refractivity contribution in [1.29, 1.82) is 0 Å². The highest BCUT2D eigenvalue weighted by molar-refractivity contribution is 6.31. The number of hydrogen-bond acceptors (Lipinski definition) is 3. The molecule has 0 aromatic heterocycles. The van der Waals surface area contributed by atoms with Gasteiger partial charge in [0.15, 0.2) is 18.2 Å². The van der Waals surface area contributed by atoms with E-state index in [-0.39, 0.29) is 55.0 Å². The molecule has 1 heterocycles. The zero-order chi connectivity index (χ0) is 19.4. The predicted molar refractivity (Wildman–Crippen MR) is 95.8 cm³/mol. The molecule has 0 saturated carbocycles. The average Bonchev–Trinajstić information content (AvgIpc) is 2.68. The number of rotatable bonds is 4. The number of benzene rings is 2. The Bertz CT molecular complexity index is 855. The van der Waals surface area contributed by atoms with Crippen LogP contribution in [0.1, 0.15) is 10.4 Å². The van der Waals surface area contributed by atoms with Crippen molar-refractivity contribution >= 4 is 23.4 Å². The Labute approximate surface area is 160 Å². The first kappa shape index (κ1) is 19.1. The first-order valence-corrected chi connectivity index (χ1v) is 8.73. The van der Waals surface area contributed by atoms with Crippen LogP contribution in [0, 0.1) is 11.6 Å². The van der Waals surface area contributed by atoms with Crippen LogP contribution >= 0.6 is 11.6 Å². The quantitative estimate of drug-likeness (QED) is 0.801. The lowest BCUT2D eigenvalue weighted by atomic mass is 10.1. The van der Waals surface area contributed by atoms with E-state index in [4.69, 9.17) is 16.3 Å². The van der Waals surface area contributed by atoms with Gasteiger partial charge in [0.05, 0.1) is 5.56 Å². The molecular weight excluding hydrogens is 378 g/mol. The minimum absolute atomic E-state index is 0.0103. The van der Waals surface area contributed by atoms with Crippen molar-refractivity contribution in [2.75, 3.05) is 32.8 Å². The van der Waals surface area contributed by atoms with Crippen LogP contribution in [-0.2, 0) is 4.79 Å². The maximum Gasteiger partial charge on any atom is 0.260 e. The summed E-state index contributed by atoms with van der Waals surface area (Å²) in [6, 6.07) is 9.65. The summed E-state index contributed by atoms with van der Waals surface area (Å²) in [5.74, 6) is -1.94. The zero-order valence-corrected chi connectivity index (χ0v) is 15.1. The summed E-state index contributed by atoms with van der Waals surface area (Å²) in [5.41, 5.74) is -0.0924.